The van der Waals surface area contributed by atoms with E-state index in [1.165, 1.54) is 0 Å². The molecule has 0 saturated heterocycles. The summed E-state index contributed by atoms with van der Waals surface area (Å²) >= 11 is 0. The van der Waals surface area contributed by atoms with Crippen LogP contribution in [0.5, 0.6) is 0 Å². The monoisotopic (exact) mass is 155 g/mol. The lowest BCUT2D eigenvalue weighted by Crippen LogP contribution is -2.48. The summed E-state index contributed by atoms with van der Waals surface area (Å²) in [6, 6.07) is 2.15. The molecule has 0 aromatic rings. The van der Waals surface area contributed by atoms with Crippen LogP contribution in [0, 0.1) is 11.3 Å². The highest BCUT2D eigenvalue weighted by Gasteiger charge is 2.45. The largest absolute Gasteiger partial charge is 0.378 e. The first-order chi connectivity index (χ1) is 5.26. The molecule has 0 spiro atoms. The topological polar surface area (TPSA) is 42.2 Å². The molecule has 1 aliphatic carbocycles. The van der Waals surface area contributed by atoms with Gasteiger partial charge in [-0.25, -0.2) is 0 Å². The lowest BCUT2D eigenvalue weighted by molar-refractivity contribution is -0.123. The fourth-order valence-electron chi connectivity index (χ4n) is 1.33. The van der Waals surface area contributed by atoms with E-state index in [1.807, 2.05) is 6.92 Å². The van der Waals surface area contributed by atoms with Gasteiger partial charge in [0.25, 0.3) is 0 Å². The van der Waals surface area contributed by atoms with Gasteiger partial charge in [0.05, 0.1) is 12.2 Å². The Labute approximate surface area is 66.9 Å². The molecule has 62 valence electrons. The molecule has 1 aliphatic rings. The Kier molecular flexibility index (Phi) is 2.48. The smallest absolute Gasteiger partial charge is 0.158 e. The van der Waals surface area contributed by atoms with Crippen molar-refractivity contribution in [2.75, 3.05) is 13.7 Å². The Hall–Kier alpha value is -0.590. The van der Waals surface area contributed by atoms with Gasteiger partial charge < -0.3 is 9.47 Å². The molecule has 0 N–H and O–H groups in total. The molecular formula is C8H13NO2. The maximum atomic E-state index is 8.69. The van der Waals surface area contributed by atoms with E-state index in [1.54, 1.807) is 7.11 Å². The maximum absolute atomic E-state index is 8.69. The van der Waals surface area contributed by atoms with Crippen LogP contribution in [0.2, 0.25) is 0 Å². The third-order valence-electron chi connectivity index (χ3n) is 2.11. The molecule has 1 saturated carbocycles. The van der Waals surface area contributed by atoms with Crippen LogP contribution < -0.4 is 0 Å². The third kappa shape index (κ3) is 1.52. The molecule has 1 rings (SSSR count). The summed E-state index contributed by atoms with van der Waals surface area (Å²) < 4.78 is 10.4. The quantitative estimate of drug-likeness (QED) is 0.612. The van der Waals surface area contributed by atoms with Crippen molar-refractivity contribution < 1.29 is 9.47 Å². The van der Waals surface area contributed by atoms with Crippen molar-refractivity contribution in [1.29, 1.82) is 5.26 Å². The molecule has 3 heteroatoms. The molecule has 0 heterocycles. The van der Waals surface area contributed by atoms with Crippen molar-refractivity contribution in [3.63, 3.8) is 0 Å². The fourth-order valence-corrected chi connectivity index (χ4v) is 1.33. The lowest BCUT2D eigenvalue weighted by Gasteiger charge is -2.40. The Balaban J connectivity index is 2.31. The number of methoxy groups -OCH3 is 1. The van der Waals surface area contributed by atoms with Gasteiger partial charge >= 0.3 is 0 Å². The van der Waals surface area contributed by atoms with E-state index in [2.05, 4.69) is 6.07 Å². The van der Waals surface area contributed by atoms with E-state index >= 15 is 0 Å². The summed E-state index contributed by atoms with van der Waals surface area (Å²) in [6.45, 7) is 2.68. The predicted octanol–water partition coefficient (Wildman–Crippen LogP) is 1.09. The van der Waals surface area contributed by atoms with Crippen LogP contribution in [-0.2, 0) is 9.47 Å². The number of nitrogens with zero attached hydrogens (tertiary/aromatic N) is 1. The Morgan fingerprint density at radius 2 is 2.27 bits per heavy atom. The second-order valence-electron chi connectivity index (χ2n) is 2.80. The lowest BCUT2D eigenvalue weighted by atomic mass is 9.78. The Morgan fingerprint density at radius 1 is 1.64 bits per heavy atom. The summed E-state index contributed by atoms with van der Waals surface area (Å²) in [5.41, 5.74) is -0.542. The van der Waals surface area contributed by atoms with Gasteiger partial charge in [-0.2, -0.15) is 5.26 Å². The minimum Gasteiger partial charge on any atom is -0.378 e. The fraction of sp³-hybridized carbons (Fsp3) is 0.875. The van der Waals surface area contributed by atoms with Crippen molar-refractivity contribution in [1.82, 2.24) is 0 Å². The number of ether oxygens (including phenoxy) is 2. The standard InChI is InChI=1S/C8H13NO2/c1-3-11-7-4-8(5-7,6-9)10-2/h7H,3-5H2,1-2H3. The first-order valence-electron chi connectivity index (χ1n) is 3.84. The number of nitriles is 1. The Bertz CT molecular complexity index is 167. The molecule has 0 unspecified atom stereocenters. The van der Waals surface area contributed by atoms with Gasteiger partial charge in [-0.1, -0.05) is 0 Å². The molecule has 0 atom stereocenters. The molecule has 0 amide bonds. The zero-order valence-corrected chi connectivity index (χ0v) is 6.96. The molecule has 1 fully saturated rings. The van der Waals surface area contributed by atoms with E-state index in [0.29, 0.717) is 12.8 Å². The molecule has 0 bridgehead atoms. The summed E-state index contributed by atoms with van der Waals surface area (Å²) in [7, 11) is 1.57. The van der Waals surface area contributed by atoms with Gasteiger partial charge in [0.2, 0.25) is 0 Å². The molecule has 0 aromatic carbocycles. The minimum absolute atomic E-state index is 0.236. The van der Waals surface area contributed by atoms with Gasteiger partial charge in [0, 0.05) is 26.6 Å². The van der Waals surface area contributed by atoms with Crippen molar-refractivity contribution in [3.8, 4) is 6.07 Å². The number of hydrogen-bond acceptors (Lipinski definition) is 3. The van der Waals surface area contributed by atoms with Crippen molar-refractivity contribution in [2.24, 2.45) is 0 Å². The maximum Gasteiger partial charge on any atom is 0.158 e. The molecule has 0 radical (unpaired) electrons. The zero-order chi connectivity index (χ0) is 8.32. The SMILES string of the molecule is CCOC1CC(C#N)(OC)C1. The van der Waals surface area contributed by atoms with Crippen molar-refractivity contribution >= 4 is 0 Å². The Morgan fingerprint density at radius 3 is 2.64 bits per heavy atom. The second-order valence-corrected chi connectivity index (χ2v) is 2.80. The zero-order valence-electron chi connectivity index (χ0n) is 6.96. The molecule has 0 aromatic heterocycles. The average molecular weight is 155 g/mol. The van der Waals surface area contributed by atoms with Gasteiger partial charge in [-0.3, -0.25) is 0 Å². The van der Waals surface area contributed by atoms with Gasteiger partial charge in [0.15, 0.2) is 5.60 Å². The van der Waals surface area contributed by atoms with Crippen LogP contribution in [0.4, 0.5) is 0 Å². The van der Waals surface area contributed by atoms with Crippen LogP contribution in [-0.4, -0.2) is 25.4 Å². The summed E-state index contributed by atoms with van der Waals surface area (Å²) in [6.07, 6.45) is 1.67. The first kappa shape index (κ1) is 8.51. The molecular weight excluding hydrogens is 142 g/mol. The number of rotatable bonds is 3. The van der Waals surface area contributed by atoms with E-state index in [9.17, 15) is 0 Å². The summed E-state index contributed by atoms with van der Waals surface area (Å²) in [5.74, 6) is 0. The molecule has 0 aliphatic heterocycles. The van der Waals surface area contributed by atoms with E-state index in [4.69, 9.17) is 14.7 Å². The van der Waals surface area contributed by atoms with Crippen LogP contribution in [0.1, 0.15) is 19.8 Å². The van der Waals surface area contributed by atoms with Crippen LogP contribution >= 0.6 is 0 Å². The van der Waals surface area contributed by atoms with Gasteiger partial charge in [-0.05, 0) is 6.92 Å². The summed E-state index contributed by atoms with van der Waals surface area (Å²) in [4.78, 5) is 0. The van der Waals surface area contributed by atoms with Crippen LogP contribution in [0.25, 0.3) is 0 Å². The van der Waals surface area contributed by atoms with Gasteiger partial charge in [-0.15, -0.1) is 0 Å². The molecule has 11 heavy (non-hydrogen) atoms. The highest BCUT2D eigenvalue weighted by atomic mass is 16.5. The first-order valence-corrected chi connectivity index (χ1v) is 3.84. The number of hydrogen-bond donors (Lipinski definition) is 0. The van der Waals surface area contributed by atoms with Crippen molar-refractivity contribution in [3.05, 3.63) is 0 Å². The second kappa shape index (κ2) is 3.21. The normalized spacial score (nSPS) is 35.9. The predicted molar refractivity (Wildman–Crippen MR) is 40.0 cm³/mol. The minimum atomic E-state index is -0.542. The van der Waals surface area contributed by atoms with E-state index < -0.39 is 5.60 Å². The average Bonchev–Trinajstić information content (AvgIpc) is 1.96. The third-order valence-corrected chi connectivity index (χ3v) is 2.11. The summed E-state index contributed by atoms with van der Waals surface area (Å²) in [5, 5.41) is 8.69. The highest BCUT2D eigenvalue weighted by Crippen LogP contribution is 2.36. The van der Waals surface area contributed by atoms with Crippen LogP contribution in [0.3, 0.4) is 0 Å². The van der Waals surface area contributed by atoms with Gasteiger partial charge in [0.1, 0.15) is 0 Å². The van der Waals surface area contributed by atoms with E-state index in [-0.39, 0.29) is 6.10 Å². The van der Waals surface area contributed by atoms with Crippen molar-refractivity contribution in [2.45, 2.75) is 31.5 Å². The van der Waals surface area contributed by atoms with E-state index in [0.717, 1.165) is 6.61 Å². The highest BCUT2D eigenvalue weighted by molar-refractivity contribution is 5.11. The van der Waals surface area contributed by atoms with Crippen LogP contribution in [0.15, 0.2) is 0 Å². The molecule has 3 nitrogen and oxygen atoms in total.